The summed E-state index contributed by atoms with van der Waals surface area (Å²) in [5.41, 5.74) is 11.8. The van der Waals surface area contributed by atoms with Gasteiger partial charge in [0.2, 0.25) is 5.43 Å². The summed E-state index contributed by atoms with van der Waals surface area (Å²) in [6.45, 7) is 1.22. The number of nitrogens with zero attached hydrogens (tertiary/aromatic N) is 2. The minimum absolute atomic E-state index is 0.00571. The van der Waals surface area contributed by atoms with Crippen LogP contribution < -0.4 is 21.8 Å². The molecule has 3 fully saturated rings. The summed E-state index contributed by atoms with van der Waals surface area (Å²) >= 11 is 0. The Morgan fingerprint density at radius 1 is 1.33 bits per heavy atom. The summed E-state index contributed by atoms with van der Waals surface area (Å²) in [5.74, 6) is -2.00. The first-order valence-corrected chi connectivity index (χ1v) is 9.23. The molecule has 0 bridgehead atoms. The summed E-state index contributed by atoms with van der Waals surface area (Å²) in [6.07, 6.45) is 5.24. The number of nitrogen functional groups attached to an aromatic ring is 1. The Labute approximate surface area is 154 Å². The molecule has 1 spiro atoms. The lowest BCUT2D eigenvalue weighted by atomic mass is 10.0. The van der Waals surface area contributed by atoms with Crippen LogP contribution in [0.15, 0.2) is 17.1 Å². The van der Waals surface area contributed by atoms with Crippen molar-refractivity contribution >= 4 is 28.2 Å². The third-order valence-electron chi connectivity index (χ3n) is 6.39. The van der Waals surface area contributed by atoms with Crippen molar-refractivity contribution in [1.29, 1.82) is 0 Å². The summed E-state index contributed by atoms with van der Waals surface area (Å²) in [5, 5.41) is 9.31. The number of carboxylic acid groups (broad SMARTS) is 1. The minimum atomic E-state index is -1.33. The van der Waals surface area contributed by atoms with Crippen molar-refractivity contribution in [2.24, 2.45) is 11.1 Å². The Balaban J connectivity index is 1.75. The predicted octanol–water partition coefficient (Wildman–Crippen LogP) is 1.68. The van der Waals surface area contributed by atoms with E-state index in [1.165, 1.54) is 6.20 Å². The highest BCUT2D eigenvalue weighted by atomic mass is 19.1. The van der Waals surface area contributed by atoms with E-state index in [0.717, 1.165) is 25.7 Å². The largest absolute Gasteiger partial charge is 0.477 e. The van der Waals surface area contributed by atoms with Gasteiger partial charge in [0.05, 0.1) is 22.3 Å². The van der Waals surface area contributed by atoms with Gasteiger partial charge in [-0.1, -0.05) is 0 Å². The minimum Gasteiger partial charge on any atom is -0.477 e. The van der Waals surface area contributed by atoms with Gasteiger partial charge in [-0.2, -0.15) is 0 Å². The molecule has 1 aromatic heterocycles. The zero-order valence-electron chi connectivity index (χ0n) is 14.7. The van der Waals surface area contributed by atoms with E-state index in [0.29, 0.717) is 24.3 Å². The fraction of sp³-hybridized carbons (Fsp3) is 0.474. The quantitative estimate of drug-likeness (QED) is 0.706. The number of fused-ring (bicyclic) bond motifs is 1. The van der Waals surface area contributed by atoms with Crippen molar-refractivity contribution in [1.82, 2.24) is 4.57 Å². The van der Waals surface area contributed by atoms with Crippen LogP contribution >= 0.6 is 0 Å². The molecule has 2 aromatic rings. The lowest BCUT2D eigenvalue weighted by Crippen LogP contribution is -2.30. The molecule has 0 radical (unpaired) electrons. The van der Waals surface area contributed by atoms with Crippen molar-refractivity contribution in [3.8, 4) is 0 Å². The summed E-state index contributed by atoms with van der Waals surface area (Å²) in [6, 6.07) is 1.74. The molecule has 1 aliphatic heterocycles. The molecular weight excluding hydrogens is 351 g/mol. The van der Waals surface area contributed by atoms with Gasteiger partial charge in [0.1, 0.15) is 5.56 Å². The maximum Gasteiger partial charge on any atom is 0.341 e. The molecule has 2 heterocycles. The Morgan fingerprint density at radius 3 is 2.59 bits per heavy atom. The molecule has 1 aromatic carbocycles. The highest BCUT2D eigenvalue weighted by Gasteiger charge is 2.54. The topological polar surface area (TPSA) is 115 Å². The van der Waals surface area contributed by atoms with Crippen LogP contribution in [0.2, 0.25) is 0 Å². The molecule has 142 valence electrons. The van der Waals surface area contributed by atoms with Crippen LogP contribution in [-0.2, 0) is 0 Å². The summed E-state index contributed by atoms with van der Waals surface area (Å²) in [7, 11) is 0. The number of aromatic nitrogens is 1. The second-order valence-corrected chi connectivity index (χ2v) is 8.18. The van der Waals surface area contributed by atoms with Gasteiger partial charge in [-0.05, 0) is 31.7 Å². The molecular formula is C19H21FN4O3. The molecule has 3 aliphatic rings. The number of carboxylic acids is 1. The molecule has 1 unspecified atom stereocenters. The van der Waals surface area contributed by atoms with Gasteiger partial charge in [0, 0.05) is 36.8 Å². The smallest absolute Gasteiger partial charge is 0.341 e. The van der Waals surface area contributed by atoms with Crippen LogP contribution in [0.4, 0.5) is 15.8 Å². The van der Waals surface area contributed by atoms with E-state index in [1.54, 1.807) is 10.6 Å². The van der Waals surface area contributed by atoms with Crippen molar-refractivity contribution in [3.05, 3.63) is 33.9 Å². The number of rotatable bonds is 3. The predicted molar refractivity (Wildman–Crippen MR) is 99.7 cm³/mol. The highest BCUT2D eigenvalue weighted by molar-refractivity contribution is 5.99. The number of anilines is 2. The molecule has 8 heteroatoms. The number of aromatic carboxylic acids is 1. The average molecular weight is 372 g/mol. The van der Waals surface area contributed by atoms with E-state index < -0.39 is 17.2 Å². The van der Waals surface area contributed by atoms with Gasteiger partial charge in [0.25, 0.3) is 0 Å². The highest BCUT2D eigenvalue weighted by Crippen LogP contribution is 2.53. The Hall–Kier alpha value is -2.61. The molecule has 1 saturated heterocycles. The Kier molecular flexibility index (Phi) is 3.20. The Bertz CT molecular complexity index is 1060. The molecule has 1 atom stereocenters. The van der Waals surface area contributed by atoms with Gasteiger partial charge in [-0.15, -0.1) is 0 Å². The number of hydrogen-bond acceptors (Lipinski definition) is 5. The monoisotopic (exact) mass is 372 g/mol. The van der Waals surface area contributed by atoms with E-state index >= 15 is 4.39 Å². The van der Waals surface area contributed by atoms with Gasteiger partial charge in [-0.3, -0.25) is 4.79 Å². The molecule has 0 amide bonds. The van der Waals surface area contributed by atoms with E-state index in [2.05, 4.69) is 0 Å². The zero-order valence-corrected chi connectivity index (χ0v) is 14.7. The standard InChI is InChI=1S/C19H21FN4O3/c20-15-12(23-7-13(21)19(8-23)3-4-19)5-11-14(16(15)22)17(25)10(18(26)27)6-24(11)9-1-2-9/h5-6,9,13H,1-4,7-8,21-22H2,(H,26,27). The van der Waals surface area contributed by atoms with Crippen molar-refractivity contribution in [2.45, 2.75) is 37.8 Å². The van der Waals surface area contributed by atoms with E-state index in [1.807, 2.05) is 4.90 Å². The van der Waals surface area contributed by atoms with Crippen LogP contribution in [0.1, 0.15) is 42.1 Å². The van der Waals surface area contributed by atoms with Gasteiger partial charge >= 0.3 is 5.97 Å². The lowest BCUT2D eigenvalue weighted by Gasteiger charge is -2.22. The zero-order chi connectivity index (χ0) is 19.1. The third kappa shape index (κ3) is 2.29. The molecule has 2 aliphatic carbocycles. The second kappa shape index (κ2) is 5.22. The van der Waals surface area contributed by atoms with Crippen LogP contribution in [0.25, 0.3) is 10.9 Å². The van der Waals surface area contributed by atoms with E-state index in [-0.39, 0.29) is 34.1 Å². The number of nitrogens with two attached hydrogens (primary N) is 2. The third-order valence-corrected chi connectivity index (χ3v) is 6.39. The first-order valence-electron chi connectivity index (χ1n) is 9.23. The number of hydrogen-bond donors (Lipinski definition) is 3. The molecule has 7 nitrogen and oxygen atoms in total. The summed E-state index contributed by atoms with van der Waals surface area (Å²) < 4.78 is 16.9. The van der Waals surface area contributed by atoms with Crippen LogP contribution in [0.3, 0.4) is 0 Å². The lowest BCUT2D eigenvalue weighted by molar-refractivity contribution is 0.0695. The first kappa shape index (κ1) is 16.6. The van der Waals surface area contributed by atoms with Crippen molar-refractivity contribution in [3.63, 3.8) is 0 Å². The van der Waals surface area contributed by atoms with Crippen LogP contribution in [0, 0.1) is 11.2 Å². The van der Waals surface area contributed by atoms with E-state index in [9.17, 15) is 14.7 Å². The van der Waals surface area contributed by atoms with Gasteiger partial charge in [-0.25, -0.2) is 9.18 Å². The number of benzene rings is 1. The number of halogens is 1. The normalized spacial score (nSPS) is 23.3. The fourth-order valence-corrected chi connectivity index (χ4v) is 4.40. The maximum absolute atomic E-state index is 15.1. The maximum atomic E-state index is 15.1. The second-order valence-electron chi connectivity index (χ2n) is 8.18. The van der Waals surface area contributed by atoms with Crippen molar-refractivity contribution < 1.29 is 14.3 Å². The van der Waals surface area contributed by atoms with Crippen LogP contribution in [-0.4, -0.2) is 34.8 Å². The molecule has 27 heavy (non-hydrogen) atoms. The summed E-state index contributed by atoms with van der Waals surface area (Å²) in [4.78, 5) is 26.1. The Morgan fingerprint density at radius 2 is 2.04 bits per heavy atom. The van der Waals surface area contributed by atoms with Crippen LogP contribution in [0.5, 0.6) is 0 Å². The average Bonchev–Trinajstić information content (AvgIpc) is 3.51. The molecule has 5 rings (SSSR count). The van der Waals surface area contributed by atoms with Crippen molar-refractivity contribution in [2.75, 3.05) is 23.7 Å². The fourth-order valence-electron chi connectivity index (χ4n) is 4.40. The first-order chi connectivity index (χ1) is 12.8. The number of carbonyl (C=O) groups is 1. The molecule has 5 N–H and O–H groups in total. The SMILES string of the molecule is Nc1c(F)c(N2CC(N)C3(CC3)C2)cc2c1c(=O)c(C(=O)O)cn2C1CC1. The van der Waals surface area contributed by atoms with E-state index in [4.69, 9.17) is 11.5 Å². The number of pyridine rings is 1. The van der Waals surface area contributed by atoms with Gasteiger partial charge in [0.15, 0.2) is 5.82 Å². The molecule has 2 saturated carbocycles. The van der Waals surface area contributed by atoms with Gasteiger partial charge < -0.3 is 26.0 Å².